The third-order valence-corrected chi connectivity index (χ3v) is 5.07. The molecule has 0 aliphatic heterocycles. The van der Waals surface area contributed by atoms with Gasteiger partial charge < -0.3 is 14.0 Å². The first kappa shape index (κ1) is 18.3. The second-order valence-corrected chi connectivity index (χ2v) is 7.02. The highest BCUT2D eigenvalue weighted by Gasteiger charge is 2.11. The van der Waals surface area contributed by atoms with Gasteiger partial charge in [-0.15, -0.1) is 10.2 Å². The summed E-state index contributed by atoms with van der Waals surface area (Å²) in [7, 11) is 3.65. The predicted molar refractivity (Wildman–Crippen MR) is 105 cm³/mol. The molecule has 0 radical (unpaired) electrons. The molecule has 0 fully saturated rings. The van der Waals surface area contributed by atoms with E-state index in [-0.39, 0.29) is 0 Å². The Balaban J connectivity index is 1.50. The van der Waals surface area contributed by atoms with Crippen LogP contribution in [0.15, 0.2) is 53.7 Å². The normalized spacial score (nSPS) is 10.7. The lowest BCUT2D eigenvalue weighted by molar-refractivity contribution is 0.318. The van der Waals surface area contributed by atoms with Crippen molar-refractivity contribution in [3.63, 3.8) is 0 Å². The molecule has 0 N–H and O–H groups in total. The van der Waals surface area contributed by atoms with E-state index in [2.05, 4.69) is 29.3 Å². The van der Waals surface area contributed by atoms with Crippen LogP contribution in [0.2, 0.25) is 0 Å². The summed E-state index contributed by atoms with van der Waals surface area (Å²) in [5, 5.41) is 9.53. The van der Waals surface area contributed by atoms with Gasteiger partial charge in [-0.25, -0.2) is 0 Å². The van der Waals surface area contributed by atoms with E-state index in [4.69, 9.17) is 9.47 Å². The number of benzene rings is 2. The first-order valence-corrected chi connectivity index (χ1v) is 9.52. The van der Waals surface area contributed by atoms with Gasteiger partial charge in [-0.1, -0.05) is 23.9 Å². The highest BCUT2D eigenvalue weighted by molar-refractivity contribution is 7.99. The van der Waals surface area contributed by atoms with E-state index in [1.165, 1.54) is 5.56 Å². The zero-order valence-corrected chi connectivity index (χ0v) is 16.1. The predicted octanol–water partition coefficient (Wildman–Crippen LogP) is 4.36. The van der Waals surface area contributed by atoms with Crippen molar-refractivity contribution in [3.8, 4) is 22.9 Å². The Labute approximate surface area is 158 Å². The molecule has 0 saturated carbocycles. The van der Waals surface area contributed by atoms with Crippen LogP contribution >= 0.6 is 11.8 Å². The molecule has 26 heavy (non-hydrogen) atoms. The molecule has 0 atom stereocenters. The number of thioether (sulfide) groups is 1. The zero-order chi connectivity index (χ0) is 18.4. The maximum atomic E-state index is 5.78. The summed E-state index contributed by atoms with van der Waals surface area (Å²) in [5.41, 5.74) is 2.23. The van der Waals surface area contributed by atoms with Crippen molar-refractivity contribution in [2.45, 2.75) is 18.5 Å². The van der Waals surface area contributed by atoms with E-state index in [0.717, 1.165) is 40.2 Å². The van der Waals surface area contributed by atoms with Crippen LogP contribution in [0.25, 0.3) is 11.4 Å². The minimum Gasteiger partial charge on any atom is -0.497 e. The second-order valence-electron chi connectivity index (χ2n) is 5.96. The Morgan fingerprint density at radius 2 is 1.85 bits per heavy atom. The summed E-state index contributed by atoms with van der Waals surface area (Å²) in [6, 6.07) is 16.0. The number of aryl methyl sites for hydroxylation is 1. The third-order valence-electron chi connectivity index (χ3n) is 3.96. The van der Waals surface area contributed by atoms with Gasteiger partial charge in [0, 0.05) is 18.4 Å². The third kappa shape index (κ3) is 4.58. The number of rotatable bonds is 8. The topological polar surface area (TPSA) is 49.2 Å². The van der Waals surface area contributed by atoms with Gasteiger partial charge in [-0.05, 0) is 55.3 Å². The van der Waals surface area contributed by atoms with Crippen molar-refractivity contribution in [3.05, 3.63) is 54.1 Å². The average molecular weight is 369 g/mol. The average Bonchev–Trinajstić information content (AvgIpc) is 3.02. The highest BCUT2D eigenvalue weighted by atomic mass is 32.2. The molecule has 0 saturated heterocycles. The standard InChI is InChI=1S/C20H23N3O2S/c1-15-6-4-7-18(14-15)25-12-5-13-26-20-22-21-19(23(20)2)16-8-10-17(24-3)11-9-16/h4,6-11,14H,5,12-13H2,1-3H3. The smallest absolute Gasteiger partial charge is 0.191 e. The fourth-order valence-electron chi connectivity index (χ4n) is 2.55. The Bertz CT molecular complexity index is 847. The molecule has 136 valence electrons. The molecule has 3 aromatic rings. The van der Waals surface area contributed by atoms with Crippen LogP contribution in [-0.4, -0.2) is 34.2 Å². The van der Waals surface area contributed by atoms with Crippen molar-refractivity contribution >= 4 is 11.8 Å². The fourth-order valence-corrected chi connectivity index (χ4v) is 3.37. The molecule has 3 rings (SSSR count). The summed E-state index contributed by atoms with van der Waals surface area (Å²) < 4.78 is 13.0. The SMILES string of the molecule is COc1ccc(-c2nnc(SCCCOc3cccc(C)c3)n2C)cc1. The van der Waals surface area contributed by atoms with Gasteiger partial charge in [0.1, 0.15) is 11.5 Å². The number of ether oxygens (including phenoxy) is 2. The van der Waals surface area contributed by atoms with Crippen molar-refractivity contribution in [2.75, 3.05) is 19.5 Å². The molecule has 2 aromatic carbocycles. The van der Waals surface area contributed by atoms with Crippen molar-refractivity contribution in [1.29, 1.82) is 0 Å². The van der Waals surface area contributed by atoms with Crippen LogP contribution in [0.3, 0.4) is 0 Å². The van der Waals surface area contributed by atoms with E-state index in [1.807, 2.05) is 48.0 Å². The molecule has 0 aliphatic rings. The summed E-state index contributed by atoms with van der Waals surface area (Å²) >= 11 is 1.69. The molecule has 6 heteroatoms. The maximum absolute atomic E-state index is 5.78. The number of aromatic nitrogens is 3. The Kier molecular flexibility index (Phi) is 6.17. The summed E-state index contributed by atoms with van der Waals surface area (Å²) in [5.74, 6) is 3.54. The lowest BCUT2D eigenvalue weighted by Crippen LogP contribution is -2.00. The molecule has 0 unspecified atom stereocenters. The van der Waals surface area contributed by atoms with Crippen molar-refractivity contribution in [1.82, 2.24) is 14.8 Å². The van der Waals surface area contributed by atoms with Crippen molar-refractivity contribution < 1.29 is 9.47 Å². The van der Waals surface area contributed by atoms with Gasteiger partial charge in [0.25, 0.3) is 0 Å². The largest absolute Gasteiger partial charge is 0.497 e. The van der Waals surface area contributed by atoms with Crippen molar-refractivity contribution in [2.24, 2.45) is 7.05 Å². The van der Waals surface area contributed by atoms with Gasteiger partial charge in [-0.2, -0.15) is 0 Å². The zero-order valence-electron chi connectivity index (χ0n) is 15.3. The molecular formula is C20H23N3O2S. The van der Waals surface area contributed by atoms with Gasteiger partial charge in [0.2, 0.25) is 0 Å². The monoisotopic (exact) mass is 369 g/mol. The molecule has 0 aliphatic carbocycles. The number of hydrogen-bond donors (Lipinski definition) is 0. The molecule has 1 aromatic heterocycles. The van der Waals surface area contributed by atoms with Crippen LogP contribution in [0.4, 0.5) is 0 Å². The van der Waals surface area contributed by atoms with Crippen LogP contribution in [0, 0.1) is 6.92 Å². The number of methoxy groups -OCH3 is 1. The Morgan fingerprint density at radius 3 is 2.58 bits per heavy atom. The van der Waals surface area contributed by atoms with Crippen LogP contribution < -0.4 is 9.47 Å². The van der Waals surface area contributed by atoms with Gasteiger partial charge in [0.15, 0.2) is 11.0 Å². The minimum absolute atomic E-state index is 0.694. The van der Waals surface area contributed by atoms with Gasteiger partial charge in [0.05, 0.1) is 13.7 Å². The molecule has 5 nitrogen and oxygen atoms in total. The molecule has 0 bridgehead atoms. The van der Waals surface area contributed by atoms with Gasteiger partial charge >= 0.3 is 0 Å². The maximum Gasteiger partial charge on any atom is 0.191 e. The molecular weight excluding hydrogens is 346 g/mol. The number of nitrogens with zero attached hydrogens (tertiary/aromatic N) is 3. The summed E-state index contributed by atoms with van der Waals surface area (Å²) in [6.07, 6.45) is 0.948. The Hall–Kier alpha value is -2.47. The summed E-state index contributed by atoms with van der Waals surface area (Å²) in [4.78, 5) is 0. The highest BCUT2D eigenvalue weighted by Crippen LogP contribution is 2.24. The van der Waals surface area contributed by atoms with E-state index >= 15 is 0 Å². The molecule has 0 amide bonds. The van der Waals surface area contributed by atoms with E-state index in [1.54, 1.807) is 18.9 Å². The van der Waals surface area contributed by atoms with E-state index in [0.29, 0.717) is 6.61 Å². The molecule has 1 heterocycles. The first-order chi connectivity index (χ1) is 12.7. The molecule has 0 spiro atoms. The van der Waals surface area contributed by atoms with Crippen LogP contribution in [-0.2, 0) is 7.05 Å². The quantitative estimate of drug-likeness (QED) is 0.436. The first-order valence-electron chi connectivity index (χ1n) is 8.53. The van der Waals surface area contributed by atoms with Crippen LogP contribution in [0.5, 0.6) is 11.5 Å². The Morgan fingerprint density at radius 1 is 1.04 bits per heavy atom. The second kappa shape index (κ2) is 8.76. The lowest BCUT2D eigenvalue weighted by atomic mass is 10.2. The fraction of sp³-hybridized carbons (Fsp3) is 0.300. The van der Waals surface area contributed by atoms with E-state index < -0.39 is 0 Å². The lowest BCUT2D eigenvalue weighted by Gasteiger charge is -2.07. The van der Waals surface area contributed by atoms with Crippen LogP contribution in [0.1, 0.15) is 12.0 Å². The van der Waals surface area contributed by atoms with Gasteiger partial charge in [-0.3, -0.25) is 0 Å². The minimum atomic E-state index is 0.694. The summed E-state index contributed by atoms with van der Waals surface area (Å²) in [6.45, 7) is 2.76. The number of hydrogen-bond acceptors (Lipinski definition) is 5. The van der Waals surface area contributed by atoms with E-state index in [9.17, 15) is 0 Å².